The van der Waals surface area contributed by atoms with Crippen molar-refractivity contribution in [3.05, 3.63) is 59.9 Å². The second-order valence-corrected chi connectivity index (χ2v) is 7.85. The van der Waals surface area contributed by atoms with Crippen molar-refractivity contribution in [3.63, 3.8) is 0 Å². The lowest BCUT2D eigenvalue weighted by Gasteiger charge is -2.18. The highest BCUT2D eigenvalue weighted by Gasteiger charge is 2.24. The van der Waals surface area contributed by atoms with E-state index in [2.05, 4.69) is 10.1 Å². The van der Waals surface area contributed by atoms with Gasteiger partial charge in [-0.25, -0.2) is 14.0 Å². The standard InChI is InChI=1S/C25H27FN2O9/c26-19-14-17(16-6-2-1-3-7-16)9-10-18(19)23(32)27-13-5-4-8-22(36-15-29)37-25(35)28-20(24(33)34)11-12-21(30)31/h1-3,6-7,9-10,14-15,20,22H,4-5,8,11-13H2,(H,27,32)(H,28,35)(H,30,31)(H,33,34)/t20-,22-/m0/s1. The largest absolute Gasteiger partial charge is 0.481 e. The molecule has 37 heavy (non-hydrogen) atoms. The van der Waals surface area contributed by atoms with Gasteiger partial charge in [0.15, 0.2) is 0 Å². The van der Waals surface area contributed by atoms with Crippen LogP contribution >= 0.6 is 0 Å². The van der Waals surface area contributed by atoms with Gasteiger partial charge in [-0.3, -0.25) is 14.4 Å². The number of hydrogen-bond donors (Lipinski definition) is 4. The van der Waals surface area contributed by atoms with E-state index in [0.29, 0.717) is 18.4 Å². The maximum absolute atomic E-state index is 14.5. The number of benzene rings is 2. The number of carbonyl (C=O) groups is 5. The highest BCUT2D eigenvalue weighted by molar-refractivity contribution is 5.95. The van der Waals surface area contributed by atoms with E-state index in [9.17, 15) is 28.4 Å². The van der Waals surface area contributed by atoms with Crippen molar-refractivity contribution < 1.29 is 48.0 Å². The molecular formula is C25H27FN2O9. The van der Waals surface area contributed by atoms with E-state index >= 15 is 0 Å². The minimum atomic E-state index is -1.50. The number of carboxylic acids is 2. The number of carboxylic acid groups (broad SMARTS) is 2. The minimum absolute atomic E-state index is 0.0367. The number of carbonyl (C=O) groups excluding carboxylic acids is 3. The molecule has 2 aromatic carbocycles. The van der Waals surface area contributed by atoms with Gasteiger partial charge in [0.05, 0.1) is 5.56 Å². The molecule has 0 aliphatic carbocycles. The Kier molecular flexibility index (Phi) is 11.5. The maximum atomic E-state index is 14.5. The molecule has 2 rings (SSSR count). The summed E-state index contributed by atoms with van der Waals surface area (Å²) in [5, 5.41) is 22.3. The second-order valence-electron chi connectivity index (χ2n) is 7.85. The average Bonchev–Trinajstić information content (AvgIpc) is 2.86. The van der Waals surface area contributed by atoms with E-state index in [0.717, 1.165) is 5.56 Å². The summed E-state index contributed by atoms with van der Waals surface area (Å²) in [7, 11) is 0. The highest BCUT2D eigenvalue weighted by Crippen LogP contribution is 2.21. The van der Waals surface area contributed by atoms with Gasteiger partial charge in [-0.2, -0.15) is 0 Å². The van der Waals surface area contributed by atoms with E-state index in [-0.39, 0.29) is 31.4 Å². The molecule has 0 saturated heterocycles. The first-order valence-electron chi connectivity index (χ1n) is 11.3. The fourth-order valence-electron chi connectivity index (χ4n) is 3.28. The van der Waals surface area contributed by atoms with E-state index in [1.807, 2.05) is 35.6 Å². The predicted molar refractivity (Wildman–Crippen MR) is 127 cm³/mol. The van der Waals surface area contributed by atoms with Gasteiger partial charge in [0.2, 0.25) is 6.29 Å². The van der Waals surface area contributed by atoms with Crippen LogP contribution in [0, 0.1) is 5.82 Å². The number of hydrogen-bond acceptors (Lipinski definition) is 7. The topological polar surface area (TPSA) is 168 Å². The first-order chi connectivity index (χ1) is 17.7. The second kappa shape index (κ2) is 14.8. The van der Waals surface area contributed by atoms with Gasteiger partial charge < -0.3 is 30.3 Å². The third-order valence-corrected chi connectivity index (χ3v) is 5.16. The van der Waals surface area contributed by atoms with Crippen LogP contribution in [0.2, 0.25) is 0 Å². The summed E-state index contributed by atoms with van der Waals surface area (Å²) in [6.45, 7) is 0.218. The highest BCUT2D eigenvalue weighted by atomic mass is 19.1. The van der Waals surface area contributed by atoms with Gasteiger partial charge in [-0.15, -0.1) is 0 Å². The van der Waals surface area contributed by atoms with Gasteiger partial charge in [-0.05, 0) is 42.5 Å². The van der Waals surface area contributed by atoms with Crippen molar-refractivity contribution in [3.8, 4) is 11.1 Å². The van der Waals surface area contributed by atoms with Crippen LogP contribution in [0.1, 0.15) is 42.5 Å². The molecule has 0 saturated carbocycles. The lowest BCUT2D eigenvalue weighted by Crippen LogP contribution is -2.42. The number of ether oxygens (including phenoxy) is 2. The van der Waals surface area contributed by atoms with Crippen molar-refractivity contribution >= 4 is 30.4 Å². The van der Waals surface area contributed by atoms with E-state index < -0.39 is 48.5 Å². The van der Waals surface area contributed by atoms with Gasteiger partial charge in [-0.1, -0.05) is 36.4 Å². The number of rotatable bonds is 15. The van der Waals surface area contributed by atoms with E-state index in [1.165, 1.54) is 12.1 Å². The smallest absolute Gasteiger partial charge is 0.410 e. The van der Waals surface area contributed by atoms with Crippen LogP contribution in [-0.2, 0) is 23.9 Å². The Morgan fingerprint density at radius 3 is 2.32 bits per heavy atom. The first kappa shape index (κ1) is 28.8. The zero-order valence-electron chi connectivity index (χ0n) is 19.7. The molecule has 0 spiro atoms. The lowest BCUT2D eigenvalue weighted by atomic mass is 10.0. The fourth-order valence-corrected chi connectivity index (χ4v) is 3.28. The molecule has 198 valence electrons. The third kappa shape index (κ3) is 9.96. The fraction of sp³-hybridized carbons (Fsp3) is 0.320. The van der Waals surface area contributed by atoms with Crippen LogP contribution in [0.5, 0.6) is 0 Å². The average molecular weight is 518 g/mol. The van der Waals surface area contributed by atoms with Crippen molar-refractivity contribution in [1.29, 1.82) is 0 Å². The predicted octanol–water partition coefficient (Wildman–Crippen LogP) is 2.94. The molecule has 2 aromatic rings. The molecule has 0 heterocycles. The molecule has 4 N–H and O–H groups in total. The Morgan fingerprint density at radius 2 is 1.70 bits per heavy atom. The molecule has 0 aliphatic rings. The number of alkyl carbamates (subject to hydrolysis) is 1. The Balaban J connectivity index is 1.78. The molecule has 0 aromatic heterocycles. The summed E-state index contributed by atoms with van der Waals surface area (Å²) >= 11 is 0. The molecule has 11 nitrogen and oxygen atoms in total. The number of aliphatic carboxylic acids is 2. The zero-order chi connectivity index (χ0) is 27.2. The molecule has 2 amide bonds. The normalized spacial score (nSPS) is 12.0. The summed E-state index contributed by atoms with van der Waals surface area (Å²) < 4.78 is 24.0. The van der Waals surface area contributed by atoms with Crippen LogP contribution < -0.4 is 10.6 Å². The number of unbranched alkanes of at least 4 members (excludes halogenated alkanes) is 1. The SMILES string of the molecule is O=CO[C@H](CCCCNC(=O)c1ccc(-c2ccccc2)cc1F)OC(=O)N[C@@H](CCC(=O)O)C(=O)O. The lowest BCUT2D eigenvalue weighted by molar-refractivity contribution is -0.154. The van der Waals surface area contributed by atoms with Gasteiger partial charge in [0.1, 0.15) is 11.9 Å². The Hall–Kier alpha value is -4.48. The maximum Gasteiger partial charge on any atom is 0.410 e. The van der Waals surface area contributed by atoms with Crippen molar-refractivity contribution in [2.75, 3.05) is 6.54 Å². The first-order valence-corrected chi connectivity index (χ1v) is 11.3. The molecule has 0 unspecified atom stereocenters. The monoisotopic (exact) mass is 518 g/mol. The molecular weight excluding hydrogens is 491 g/mol. The molecule has 0 bridgehead atoms. The van der Waals surface area contributed by atoms with Crippen LogP contribution in [0.4, 0.5) is 9.18 Å². The molecule has 2 atom stereocenters. The Morgan fingerprint density at radius 1 is 0.973 bits per heavy atom. The van der Waals surface area contributed by atoms with Crippen molar-refractivity contribution in [2.45, 2.75) is 44.4 Å². The van der Waals surface area contributed by atoms with Crippen LogP contribution in [-0.4, -0.2) is 59.5 Å². The molecule has 0 radical (unpaired) electrons. The number of amides is 2. The minimum Gasteiger partial charge on any atom is -0.481 e. The third-order valence-electron chi connectivity index (χ3n) is 5.16. The van der Waals surface area contributed by atoms with Crippen LogP contribution in [0.25, 0.3) is 11.1 Å². The Labute approximate surface area is 211 Å². The van der Waals surface area contributed by atoms with E-state index in [1.54, 1.807) is 6.07 Å². The van der Waals surface area contributed by atoms with Gasteiger partial charge in [0, 0.05) is 19.4 Å². The number of halogens is 1. The van der Waals surface area contributed by atoms with Crippen LogP contribution in [0.15, 0.2) is 48.5 Å². The molecule has 0 aliphatic heterocycles. The zero-order valence-corrected chi connectivity index (χ0v) is 19.7. The van der Waals surface area contributed by atoms with Crippen molar-refractivity contribution in [1.82, 2.24) is 10.6 Å². The quantitative estimate of drug-likeness (QED) is 0.157. The number of nitrogens with one attached hydrogen (secondary N) is 2. The summed E-state index contributed by atoms with van der Waals surface area (Å²) in [6, 6.07) is 12.0. The van der Waals surface area contributed by atoms with Crippen molar-refractivity contribution in [2.24, 2.45) is 0 Å². The molecule has 0 fully saturated rings. The summed E-state index contributed by atoms with van der Waals surface area (Å²) in [5.74, 6) is -3.95. The van der Waals surface area contributed by atoms with Gasteiger partial charge in [0.25, 0.3) is 12.4 Å². The summed E-state index contributed by atoms with van der Waals surface area (Å²) in [5.41, 5.74) is 1.34. The summed E-state index contributed by atoms with van der Waals surface area (Å²) in [4.78, 5) is 56.7. The Bertz CT molecular complexity index is 1090. The summed E-state index contributed by atoms with van der Waals surface area (Å²) in [6.07, 6.45) is -2.66. The van der Waals surface area contributed by atoms with Gasteiger partial charge >= 0.3 is 18.0 Å². The van der Waals surface area contributed by atoms with E-state index in [4.69, 9.17) is 14.9 Å². The molecule has 12 heteroatoms. The van der Waals surface area contributed by atoms with Crippen LogP contribution in [0.3, 0.4) is 0 Å².